The molecule has 1 nitrogen and oxygen atoms in total. The summed E-state index contributed by atoms with van der Waals surface area (Å²) in [4.78, 5) is 0. The van der Waals surface area contributed by atoms with Gasteiger partial charge in [0, 0.05) is 4.47 Å². The summed E-state index contributed by atoms with van der Waals surface area (Å²) in [6, 6.07) is 14.2. The summed E-state index contributed by atoms with van der Waals surface area (Å²) in [7, 11) is 0. The molecule has 0 aromatic heterocycles. The van der Waals surface area contributed by atoms with Gasteiger partial charge in [-0.25, -0.2) is 0 Å². The second-order valence-electron chi connectivity index (χ2n) is 6.02. The highest BCUT2D eigenvalue weighted by atomic mass is 79.9. The summed E-state index contributed by atoms with van der Waals surface area (Å²) < 4.78 is 0.887. The van der Waals surface area contributed by atoms with Crippen LogP contribution < -0.4 is 5.73 Å². The molecule has 0 saturated carbocycles. The SMILES string of the molecule is CC(C)(C)c1ccc(C(N)c2ccc(Br)c(Cl)c2)cc1. The number of rotatable bonds is 2. The molecular formula is C17H19BrClN. The van der Waals surface area contributed by atoms with Crippen LogP contribution in [0.25, 0.3) is 0 Å². The Morgan fingerprint density at radius 1 is 1.00 bits per heavy atom. The zero-order valence-corrected chi connectivity index (χ0v) is 14.3. The van der Waals surface area contributed by atoms with Gasteiger partial charge >= 0.3 is 0 Å². The molecular weight excluding hydrogens is 334 g/mol. The van der Waals surface area contributed by atoms with Gasteiger partial charge in [-0.2, -0.15) is 0 Å². The maximum Gasteiger partial charge on any atom is 0.0552 e. The van der Waals surface area contributed by atoms with Gasteiger partial charge in [0.15, 0.2) is 0 Å². The van der Waals surface area contributed by atoms with Crippen molar-refractivity contribution in [2.45, 2.75) is 32.2 Å². The highest BCUT2D eigenvalue weighted by Gasteiger charge is 2.15. The standard InChI is InChI=1S/C17H19BrClN/c1-17(2,3)13-7-4-11(5-8-13)16(20)12-6-9-14(18)15(19)10-12/h4-10,16H,20H2,1-3H3. The molecule has 0 saturated heterocycles. The molecule has 1 unspecified atom stereocenters. The van der Waals surface area contributed by atoms with E-state index in [1.165, 1.54) is 5.56 Å². The van der Waals surface area contributed by atoms with E-state index in [4.69, 9.17) is 17.3 Å². The zero-order valence-electron chi connectivity index (χ0n) is 12.0. The van der Waals surface area contributed by atoms with Crippen LogP contribution in [0.3, 0.4) is 0 Å². The maximum atomic E-state index is 6.32. The summed E-state index contributed by atoms with van der Waals surface area (Å²) in [5.74, 6) is 0. The van der Waals surface area contributed by atoms with Gasteiger partial charge in [0.05, 0.1) is 11.1 Å². The molecule has 0 heterocycles. The summed E-state index contributed by atoms with van der Waals surface area (Å²) >= 11 is 9.52. The monoisotopic (exact) mass is 351 g/mol. The van der Waals surface area contributed by atoms with E-state index in [9.17, 15) is 0 Å². The van der Waals surface area contributed by atoms with Crippen LogP contribution in [0, 0.1) is 0 Å². The van der Waals surface area contributed by atoms with Crippen LogP contribution in [0.15, 0.2) is 46.9 Å². The van der Waals surface area contributed by atoms with Crippen molar-refractivity contribution in [2.75, 3.05) is 0 Å². The van der Waals surface area contributed by atoms with E-state index in [0.29, 0.717) is 5.02 Å². The lowest BCUT2D eigenvalue weighted by Gasteiger charge is -2.20. The minimum Gasteiger partial charge on any atom is -0.320 e. The van der Waals surface area contributed by atoms with Gasteiger partial charge in [-0.05, 0) is 50.2 Å². The van der Waals surface area contributed by atoms with Gasteiger partial charge in [0.1, 0.15) is 0 Å². The first-order valence-corrected chi connectivity index (χ1v) is 7.77. The van der Waals surface area contributed by atoms with Crippen LogP contribution in [-0.2, 0) is 5.41 Å². The van der Waals surface area contributed by atoms with Crippen molar-refractivity contribution < 1.29 is 0 Å². The van der Waals surface area contributed by atoms with Crippen LogP contribution in [0.4, 0.5) is 0 Å². The van der Waals surface area contributed by atoms with E-state index >= 15 is 0 Å². The largest absolute Gasteiger partial charge is 0.320 e. The lowest BCUT2D eigenvalue weighted by atomic mass is 9.86. The minimum absolute atomic E-state index is 0.156. The first-order valence-electron chi connectivity index (χ1n) is 6.60. The van der Waals surface area contributed by atoms with E-state index < -0.39 is 0 Å². The quantitative estimate of drug-likeness (QED) is 0.764. The van der Waals surface area contributed by atoms with Crippen molar-refractivity contribution in [3.05, 3.63) is 68.7 Å². The fourth-order valence-corrected chi connectivity index (χ4v) is 2.52. The van der Waals surface area contributed by atoms with E-state index in [0.717, 1.165) is 15.6 Å². The van der Waals surface area contributed by atoms with Gasteiger partial charge in [-0.3, -0.25) is 0 Å². The van der Waals surface area contributed by atoms with Crippen molar-refractivity contribution in [1.29, 1.82) is 0 Å². The fourth-order valence-electron chi connectivity index (χ4n) is 2.09. The normalized spacial score (nSPS) is 13.3. The molecule has 2 N–H and O–H groups in total. The Balaban J connectivity index is 2.29. The Kier molecular flexibility index (Phi) is 4.58. The Morgan fingerprint density at radius 3 is 2.05 bits per heavy atom. The molecule has 0 aliphatic rings. The van der Waals surface area contributed by atoms with E-state index in [-0.39, 0.29) is 11.5 Å². The van der Waals surface area contributed by atoms with E-state index in [2.05, 4.69) is 61.0 Å². The molecule has 0 spiro atoms. The number of hydrogen-bond acceptors (Lipinski definition) is 1. The van der Waals surface area contributed by atoms with Gasteiger partial charge in [-0.15, -0.1) is 0 Å². The lowest BCUT2D eigenvalue weighted by Crippen LogP contribution is -2.14. The van der Waals surface area contributed by atoms with Gasteiger partial charge < -0.3 is 5.73 Å². The summed E-state index contributed by atoms with van der Waals surface area (Å²) in [6.45, 7) is 6.61. The van der Waals surface area contributed by atoms with Crippen LogP contribution in [0.2, 0.25) is 5.02 Å². The van der Waals surface area contributed by atoms with Crippen LogP contribution >= 0.6 is 27.5 Å². The Labute approximate surface area is 134 Å². The highest BCUT2D eigenvalue weighted by molar-refractivity contribution is 9.10. The average Bonchev–Trinajstić information content (AvgIpc) is 2.40. The van der Waals surface area contributed by atoms with Crippen molar-refractivity contribution in [1.82, 2.24) is 0 Å². The van der Waals surface area contributed by atoms with Gasteiger partial charge in [0.2, 0.25) is 0 Å². The molecule has 0 bridgehead atoms. The Bertz CT molecular complexity index is 599. The molecule has 0 aliphatic carbocycles. The van der Waals surface area contributed by atoms with Crippen LogP contribution in [0.5, 0.6) is 0 Å². The number of benzene rings is 2. The van der Waals surface area contributed by atoms with Crippen molar-refractivity contribution in [3.63, 3.8) is 0 Å². The second-order valence-corrected chi connectivity index (χ2v) is 7.28. The smallest absolute Gasteiger partial charge is 0.0552 e. The summed E-state index contributed by atoms with van der Waals surface area (Å²) in [5, 5.41) is 0.685. The molecule has 0 aliphatic heterocycles. The number of nitrogens with two attached hydrogens (primary N) is 1. The number of halogens is 2. The van der Waals surface area contributed by atoms with E-state index in [1.54, 1.807) is 0 Å². The van der Waals surface area contributed by atoms with Crippen molar-refractivity contribution in [2.24, 2.45) is 5.73 Å². The van der Waals surface area contributed by atoms with E-state index in [1.807, 2.05) is 18.2 Å². The third-order valence-electron chi connectivity index (χ3n) is 3.44. The Hall–Kier alpha value is -0.830. The first-order chi connectivity index (χ1) is 9.29. The molecule has 2 rings (SSSR count). The number of hydrogen-bond donors (Lipinski definition) is 1. The topological polar surface area (TPSA) is 26.0 Å². The first kappa shape index (κ1) is 15.6. The van der Waals surface area contributed by atoms with Gasteiger partial charge in [0.25, 0.3) is 0 Å². The molecule has 3 heteroatoms. The maximum absolute atomic E-state index is 6.32. The predicted octanol–water partition coefficient (Wildman–Crippen LogP) is 5.45. The van der Waals surface area contributed by atoms with Crippen molar-refractivity contribution in [3.8, 4) is 0 Å². The molecule has 0 radical (unpaired) electrons. The zero-order chi connectivity index (χ0) is 14.9. The van der Waals surface area contributed by atoms with Crippen molar-refractivity contribution >= 4 is 27.5 Å². The molecule has 106 valence electrons. The molecule has 2 aromatic carbocycles. The van der Waals surface area contributed by atoms with Crippen LogP contribution in [0.1, 0.15) is 43.5 Å². The second kappa shape index (κ2) is 5.88. The van der Waals surface area contributed by atoms with Gasteiger partial charge in [-0.1, -0.05) is 62.7 Å². The third kappa shape index (κ3) is 3.43. The predicted molar refractivity (Wildman–Crippen MR) is 90.3 cm³/mol. The third-order valence-corrected chi connectivity index (χ3v) is 4.67. The fraction of sp³-hybridized carbons (Fsp3) is 0.294. The molecule has 0 fully saturated rings. The average molecular weight is 353 g/mol. The molecule has 20 heavy (non-hydrogen) atoms. The molecule has 2 aromatic rings. The minimum atomic E-state index is -0.158. The van der Waals surface area contributed by atoms with Crippen LogP contribution in [-0.4, -0.2) is 0 Å². The molecule has 0 amide bonds. The molecule has 1 atom stereocenters. The summed E-state index contributed by atoms with van der Waals surface area (Å²) in [6.07, 6.45) is 0. The highest BCUT2D eigenvalue weighted by Crippen LogP contribution is 2.29. The lowest BCUT2D eigenvalue weighted by molar-refractivity contribution is 0.589. The summed E-state index contributed by atoms with van der Waals surface area (Å²) in [5.41, 5.74) is 9.89. The Morgan fingerprint density at radius 2 is 1.55 bits per heavy atom.